The van der Waals surface area contributed by atoms with Crippen LogP contribution in [0.1, 0.15) is 39.5 Å². The molecule has 1 fully saturated rings. The number of nitrogens with zero attached hydrogens (tertiary/aromatic N) is 1. The van der Waals surface area contributed by atoms with Gasteiger partial charge in [0.15, 0.2) is 0 Å². The van der Waals surface area contributed by atoms with Gasteiger partial charge in [-0.1, -0.05) is 13.3 Å². The van der Waals surface area contributed by atoms with Gasteiger partial charge in [0.2, 0.25) is 5.91 Å². The van der Waals surface area contributed by atoms with Crippen molar-refractivity contribution in [3.05, 3.63) is 0 Å². The van der Waals surface area contributed by atoms with Gasteiger partial charge in [0.1, 0.15) is 6.04 Å². The number of carboxylic acids is 1. The predicted molar refractivity (Wildman–Crippen MR) is 73.3 cm³/mol. The number of urea groups is 1. The molecule has 0 saturated carbocycles. The van der Waals surface area contributed by atoms with Crippen molar-refractivity contribution in [2.24, 2.45) is 0 Å². The molecular weight excluding hydrogens is 262 g/mol. The zero-order valence-electron chi connectivity index (χ0n) is 12.0. The molecule has 0 bridgehead atoms. The van der Waals surface area contributed by atoms with Crippen molar-refractivity contribution in [1.82, 2.24) is 15.5 Å². The normalized spacial score (nSPS) is 17.4. The maximum absolute atomic E-state index is 12.0. The first kappa shape index (κ1) is 16.3. The van der Waals surface area contributed by atoms with E-state index < -0.39 is 12.0 Å². The first-order valence-electron chi connectivity index (χ1n) is 6.99. The van der Waals surface area contributed by atoms with Crippen LogP contribution in [0, 0.1) is 0 Å². The summed E-state index contributed by atoms with van der Waals surface area (Å²) in [6.45, 7) is 4.40. The van der Waals surface area contributed by atoms with E-state index in [9.17, 15) is 14.4 Å². The van der Waals surface area contributed by atoms with Crippen LogP contribution < -0.4 is 10.6 Å². The Balaban J connectivity index is 2.42. The minimum atomic E-state index is -1.01. The Hall–Kier alpha value is -1.79. The molecule has 1 aliphatic heterocycles. The van der Waals surface area contributed by atoms with Crippen LogP contribution in [0.15, 0.2) is 0 Å². The van der Waals surface area contributed by atoms with Gasteiger partial charge in [0.25, 0.3) is 0 Å². The summed E-state index contributed by atoms with van der Waals surface area (Å²) in [4.78, 5) is 35.5. The Morgan fingerprint density at radius 2 is 1.90 bits per heavy atom. The number of likely N-dealkylation sites (tertiary alicyclic amines) is 1. The molecule has 1 heterocycles. The van der Waals surface area contributed by atoms with Gasteiger partial charge < -0.3 is 20.6 Å². The van der Waals surface area contributed by atoms with E-state index in [1.165, 1.54) is 6.92 Å². The van der Waals surface area contributed by atoms with Crippen LogP contribution in [0.2, 0.25) is 0 Å². The molecule has 3 N–H and O–H groups in total. The van der Waals surface area contributed by atoms with Crippen LogP contribution in [-0.2, 0) is 9.59 Å². The SMILES string of the molecule is CCCC(NC(=O)N1CCC(NC(C)=O)CC1)C(=O)O. The fourth-order valence-corrected chi connectivity index (χ4v) is 2.30. The van der Waals surface area contributed by atoms with Gasteiger partial charge in [0, 0.05) is 26.1 Å². The van der Waals surface area contributed by atoms with Gasteiger partial charge in [0.05, 0.1) is 0 Å². The Morgan fingerprint density at radius 3 is 2.35 bits per heavy atom. The van der Waals surface area contributed by atoms with Crippen molar-refractivity contribution in [2.75, 3.05) is 13.1 Å². The molecule has 7 heteroatoms. The van der Waals surface area contributed by atoms with E-state index in [0.29, 0.717) is 38.8 Å². The quantitative estimate of drug-likeness (QED) is 0.687. The molecule has 0 aromatic rings. The Labute approximate surface area is 118 Å². The second kappa shape index (κ2) is 7.72. The third kappa shape index (κ3) is 5.07. The zero-order valence-corrected chi connectivity index (χ0v) is 12.0. The minimum Gasteiger partial charge on any atom is -0.480 e. The molecule has 114 valence electrons. The lowest BCUT2D eigenvalue weighted by Gasteiger charge is -2.32. The van der Waals surface area contributed by atoms with Gasteiger partial charge in [-0.2, -0.15) is 0 Å². The highest BCUT2D eigenvalue weighted by Gasteiger charge is 2.26. The van der Waals surface area contributed by atoms with Crippen LogP contribution in [-0.4, -0.2) is 53.1 Å². The van der Waals surface area contributed by atoms with Gasteiger partial charge in [-0.3, -0.25) is 4.79 Å². The lowest BCUT2D eigenvalue weighted by Crippen LogP contribution is -2.52. The van der Waals surface area contributed by atoms with Gasteiger partial charge in [-0.15, -0.1) is 0 Å². The predicted octanol–water partition coefficient (Wildman–Crippen LogP) is 0.550. The summed E-state index contributed by atoms with van der Waals surface area (Å²) < 4.78 is 0. The Morgan fingerprint density at radius 1 is 1.30 bits per heavy atom. The molecule has 1 unspecified atom stereocenters. The molecule has 0 radical (unpaired) electrons. The number of aliphatic carboxylic acids is 1. The van der Waals surface area contributed by atoms with Crippen LogP contribution in [0.3, 0.4) is 0 Å². The lowest BCUT2D eigenvalue weighted by molar-refractivity contribution is -0.139. The van der Waals surface area contributed by atoms with Crippen LogP contribution in [0.5, 0.6) is 0 Å². The van der Waals surface area contributed by atoms with Gasteiger partial charge in [-0.05, 0) is 19.3 Å². The topological polar surface area (TPSA) is 98.7 Å². The first-order valence-corrected chi connectivity index (χ1v) is 6.99. The third-order valence-corrected chi connectivity index (χ3v) is 3.36. The van der Waals surface area contributed by atoms with E-state index in [1.54, 1.807) is 4.90 Å². The fourth-order valence-electron chi connectivity index (χ4n) is 2.30. The summed E-state index contributed by atoms with van der Waals surface area (Å²) in [6.07, 6.45) is 2.50. The smallest absolute Gasteiger partial charge is 0.326 e. The lowest BCUT2D eigenvalue weighted by atomic mass is 10.1. The van der Waals surface area contributed by atoms with E-state index >= 15 is 0 Å². The van der Waals surface area contributed by atoms with E-state index in [-0.39, 0.29) is 18.0 Å². The number of hydrogen-bond acceptors (Lipinski definition) is 3. The number of nitrogens with one attached hydrogen (secondary N) is 2. The van der Waals surface area contributed by atoms with Crippen molar-refractivity contribution in [1.29, 1.82) is 0 Å². The van der Waals surface area contributed by atoms with Gasteiger partial charge >= 0.3 is 12.0 Å². The molecule has 0 spiro atoms. The highest BCUT2D eigenvalue weighted by Crippen LogP contribution is 2.11. The van der Waals surface area contributed by atoms with Crippen molar-refractivity contribution in [2.45, 2.75) is 51.6 Å². The highest BCUT2D eigenvalue weighted by molar-refractivity contribution is 5.82. The Kier molecular flexibility index (Phi) is 6.27. The Bertz CT molecular complexity index is 365. The van der Waals surface area contributed by atoms with E-state index in [0.717, 1.165) is 0 Å². The van der Waals surface area contributed by atoms with E-state index in [2.05, 4.69) is 10.6 Å². The second-order valence-electron chi connectivity index (χ2n) is 5.09. The largest absolute Gasteiger partial charge is 0.480 e. The van der Waals surface area contributed by atoms with E-state index in [1.807, 2.05) is 6.92 Å². The average Bonchev–Trinajstić information content (AvgIpc) is 2.38. The fraction of sp³-hybridized carbons (Fsp3) is 0.769. The number of hydrogen-bond donors (Lipinski definition) is 3. The maximum atomic E-state index is 12.0. The van der Waals surface area contributed by atoms with Crippen molar-refractivity contribution in [3.63, 3.8) is 0 Å². The third-order valence-electron chi connectivity index (χ3n) is 3.36. The maximum Gasteiger partial charge on any atom is 0.326 e. The standard InChI is InChI=1S/C13H23N3O4/c1-3-4-11(12(18)19)15-13(20)16-7-5-10(6-8-16)14-9(2)17/h10-11H,3-8H2,1-2H3,(H,14,17)(H,15,20)(H,18,19). The summed E-state index contributed by atoms with van der Waals surface area (Å²) in [7, 11) is 0. The molecular formula is C13H23N3O4. The molecule has 1 atom stereocenters. The summed E-state index contributed by atoms with van der Waals surface area (Å²) in [5.74, 6) is -1.07. The first-order chi connectivity index (χ1) is 9.43. The molecule has 1 rings (SSSR count). The monoisotopic (exact) mass is 285 g/mol. The molecule has 20 heavy (non-hydrogen) atoms. The molecule has 3 amide bonds. The molecule has 0 aromatic heterocycles. The van der Waals surface area contributed by atoms with Crippen molar-refractivity contribution >= 4 is 17.9 Å². The van der Waals surface area contributed by atoms with Crippen LogP contribution in [0.4, 0.5) is 4.79 Å². The summed E-state index contributed by atoms with van der Waals surface area (Å²) in [5.41, 5.74) is 0. The number of amides is 3. The molecule has 0 aliphatic carbocycles. The second-order valence-corrected chi connectivity index (χ2v) is 5.09. The van der Waals surface area contributed by atoms with Crippen molar-refractivity contribution in [3.8, 4) is 0 Å². The highest BCUT2D eigenvalue weighted by atomic mass is 16.4. The van der Waals surface area contributed by atoms with Gasteiger partial charge in [-0.25, -0.2) is 9.59 Å². The summed E-state index contributed by atoms with van der Waals surface area (Å²) in [5, 5.41) is 14.4. The molecule has 7 nitrogen and oxygen atoms in total. The zero-order chi connectivity index (χ0) is 15.1. The average molecular weight is 285 g/mol. The molecule has 0 aromatic carbocycles. The number of carboxylic acid groups (broad SMARTS) is 1. The summed E-state index contributed by atoms with van der Waals surface area (Å²) >= 11 is 0. The van der Waals surface area contributed by atoms with Crippen LogP contribution in [0.25, 0.3) is 0 Å². The molecule has 1 saturated heterocycles. The van der Waals surface area contributed by atoms with E-state index in [4.69, 9.17) is 5.11 Å². The number of piperidine rings is 1. The number of carbonyl (C=O) groups excluding carboxylic acids is 2. The minimum absolute atomic E-state index is 0.0678. The number of carbonyl (C=O) groups is 3. The molecule has 1 aliphatic rings. The van der Waals surface area contributed by atoms with Crippen LogP contribution >= 0.6 is 0 Å². The van der Waals surface area contributed by atoms with Crippen molar-refractivity contribution < 1.29 is 19.5 Å². The summed E-state index contributed by atoms with van der Waals surface area (Å²) in [6, 6.07) is -1.07. The number of rotatable bonds is 5.